The highest BCUT2D eigenvalue weighted by Gasteiger charge is 2.27. The van der Waals surface area contributed by atoms with Crippen molar-refractivity contribution in [2.24, 2.45) is 4.40 Å². The van der Waals surface area contributed by atoms with E-state index in [-0.39, 0.29) is 11.5 Å². The van der Waals surface area contributed by atoms with Crippen LogP contribution in [0.5, 0.6) is 0 Å². The Hall–Kier alpha value is -1.41. The molecule has 2 aromatic heterocycles. The second kappa shape index (κ2) is 6.48. The van der Waals surface area contributed by atoms with Gasteiger partial charge in [0.25, 0.3) is 0 Å². The molecular weight excluding hydrogens is 397 g/mol. The lowest BCUT2D eigenvalue weighted by atomic mass is 10.0. The molecule has 2 heterocycles. The Bertz CT molecular complexity index is 842. The summed E-state index contributed by atoms with van der Waals surface area (Å²) < 4.78 is 36.5. The molecule has 1 aliphatic rings. The van der Waals surface area contributed by atoms with E-state index in [0.717, 1.165) is 24.7 Å². The largest absolute Gasteiger partial charge is 0.434 e. The fourth-order valence-electron chi connectivity index (χ4n) is 2.30. The standard InChI is InChI=1S/C16H17BrFN3O2S/c1-16(2,3)24(22)21-12-6-4-5-11-14(12)23-15(20-11)9-7-13(17)19-8-10(9)18/h7-8H,4-6H2,1-3H3/b21-12+/t24-/m0/s1. The summed E-state index contributed by atoms with van der Waals surface area (Å²) >= 11 is 3.22. The highest BCUT2D eigenvalue weighted by atomic mass is 79.9. The van der Waals surface area contributed by atoms with Crippen LogP contribution < -0.4 is 0 Å². The molecule has 0 unspecified atom stereocenters. The molecule has 24 heavy (non-hydrogen) atoms. The number of hydrogen-bond donors (Lipinski definition) is 0. The Balaban J connectivity index is 2.04. The van der Waals surface area contributed by atoms with Crippen molar-refractivity contribution in [3.05, 3.63) is 34.1 Å². The van der Waals surface area contributed by atoms with Crippen molar-refractivity contribution in [3.8, 4) is 11.5 Å². The fraction of sp³-hybridized carbons (Fsp3) is 0.438. The molecule has 0 saturated heterocycles. The van der Waals surface area contributed by atoms with Gasteiger partial charge in [0.2, 0.25) is 5.89 Å². The van der Waals surface area contributed by atoms with Gasteiger partial charge in [-0.25, -0.2) is 18.6 Å². The normalized spacial score (nSPS) is 17.8. The summed E-state index contributed by atoms with van der Waals surface area (Å²) in [7, 11) is -1.38. The molecule has 0 saturated carbocycles. The van der Waals surface area contributed by atoms with Crippen molar-refractivity contribution >= 4 is 32.6 Å². The van der Waals surface area contributed by atoms with Gasteiger partial charge in [-0.3, -0.25) is 0 Å². The van der Waals surface area contributed by atoms with E-state index in [1.165, 1.54) is 6.07 Å². The lowest BCUT2D eigenvalue weighted by Crippen LogP contribution is -2.22. The molecule has 0 fully saturated rings. The van der Waals surface area contributed by atoms with E-state index < -0.39 is 21.5 Å². The van der Waals surface area contributed by atoms with E-state index in [9.17, 15) is 8.60 Å². The number of aromatic nitrogens is 2. The number of rotatable bonds is 2. The minimum atomic E-state index is -1.38. The molecule has 8 heteroatoms. The number of halogens is 2. The van der Waals surface area contributed by atoms with Gasteiger partial charge in [-0.05, 0) is 62.0 Å². The third-order valence-corrected chi connectivity index (χ3v) is 5.42. The molecule has 0 amide bonds. The summed E-state index contributed by atoms with van der Waals surface area (Å²) in [4.78, 5) is 8.24. The van der Waals surface area contributed by atoms with Crippen LogP contribution in [0.2, 0.25) is 0 Å². The number of nitrogens with zero attached hydrogens (tertiary/aromatic N) is 3. The van der Waals surface area contributed by atoms with Gasteiger partial charge in [-0.1, -0.05) is 0 Å². The molecule has 1 atom stereocenters. The predicted molar refractivity (Wildman–Crippen MR) is 94.8 cm³/mol. The SMILES string of the molecule is CC(C)(C)[S@](=O)/N=C1\CCCc2nc(-c3cc(Br)ncc3F)oc21. The van der Waals surface area contributed by atoms with E-state index in [0.29, 0.717) is 22.5 Å². The molecule has 128 valence electrons. The molecule has 0 aliphatic heterocycles. The summed E-state index contributed by atoms with van der Waals surface area (Å²) in [5.74, 6) is 0.200. The van der Waals surface area contributed by atoms with Crippen molar-refractivity contribution in [2.45, 2.75) is 44.8 Å². The molecule has 0 N–H and O–H groups in total. The third-order valence-electron chi connectivity index (χ3n) is 3.56. The van der Waals surface area contributed by atoms with Gasteiger partial charge >= 0.3 is 0 Å². The van der Waals surface area contributed by atoms with Gasteiger partial charge in [0, 0.05) is 0 Å². The van der Waals surface area contributed by atoms with Crippen molar-refractivity contribution < 1.29 is 13.0 Å². The van der Waals surface area contributed by atoms with Gasteiger partial charge in [0.1, 0.15) is 15.6 Å². The summed E-state index contributed by atoms with van der Waals surface area (Å²) in [5.41, 5.74) is 1.60. The first-order valence-electron chi connectivity index (χ1n) is 7.57. The Morgan fingerprint density at radius 2 is 2.12 bits per heavy atom. The van der Waals surface area contributed by atoms with Gasteiger partial charge in [-0.2, -0.15) is 4.40 Å². The minimum absolute atomic E-state index is 0.191. The van der Waals surface area contributed by atoms with Gasteiger partial charge in [0.05, 0.1) is 27.9 Å². The Labute approximate surface area is 150 Å². The lowest BCUT2D eigenvalue weighted by molar-refractivity contribution is 0.545. The summed E-state index contributed by atoms with van der Waals surface area (Å²) in [5, 5.41) is 0. The summed E-state index contributed by atoms with van der Waals surface area (Å²) in [6.07, 6.45) is 3.37. The Kier molecular flexibility index (Phi) is 4.70. The van der Waals surface area contributed by atoms with E-state index in [1.54, 1.807) is 0 Å². The van der Waals surface area contributed by atoms with Crippen LogP contribution in [0.3, 0.4) is 0 Å². The number of aryl methyl sites for hydroxylation is 1. The fourth-order valence-corrected chi connectivity index (χ4v) is 3.28. The highest BCUT2D eigenvalue weighted by Crippen LogP contribution is 2.30. The van der Waals surface area contributed by atoms with Crippen LogP contribution in [-0.4, -0.2) is 24.6 Å². The zero-order valence-corrected chi connectivity index (χ0v) is 16.0. The van der Waals surface area contributed by atoms with Crippen LogP contribution in [0.15, 0.2) is 25.7 Å². The van der Waals surface area contributed by atoms with E-state index in [2.05, 4.69) is 30.3 Å². The average molecular weight is 414 g/mol. The van der Waals surface area contributed by atoms with Gasteiger partial charge < -0.3 is 4.42 Å². The zero-order valence-electron chi connectivity index (χ0n) is 13.6. The number of pyridine rings is 1. The van der Waals surface area contributed by atoms with Crippen LogP contribution in [0.25, 0.3) is 11.5 Å². The van der Waals surface area contributed by atoms with Crippen molar-refractivity contribution in [1.29, 1.82) is 0 Å². The first kappa shape index (κ1) is 17.4. The van der Waals surface area contributed by atoms with Crippen molar-refractivity contribution in [3.63, 3.8) is 0 Å². The number of hydrogen-bond acceptors (Lipinski definition) is 4. The van der Waals surface area contributed by atoms with Crippen LogP contribution in [-0.2, 0) is 17.4 Å². The molecule has 0 radical (unpaired) electrons. The van der Waals surface area contributed by atoms with Crippen LogP contribution in [0, 0.1) is 5.82 Å². The lowest BCUT2D eigenvalue weighted by Gasteiger charge is -2.16. The minimum Gasteiger partial charge on any atom is -0.434 e. The maximum atomic E-state index is 14.0. The maximum absolute atomic E-state index is 14.0. The molecule has 2 aromatic rings. The average Bonchev–Trinajstić information content (AvgIpc) is 2.93. The maximum Gasteiger partial charge on any atom is 0.230 e. The Morgan fingerprint density at radius 1 is 1.38 bits per heavy atom. The van der Waals surface area contributed by atoms with E-state index in [1.807, 2.05) is 20.8 Å². The third kappa shape index (κ3) is 3.49. The molecule has 0 aromatic carbocycles. The van der Waals surface area contributed by atoms with Crippen LogP contribution in [0.1, 0.15) is 45.1 Å². The Morgan fingerprint density at radius 3 is 2.83 bits per heavy atom. The van der Waals surface area contributed by atoms with Gasteiger partial charge in [0.15, 0.2) is 11.6 Å². The second-order valence-corrected chi connectivity index (χ2v) is 9.25. The van der Waals surface area contributed by atoms with Crippen LogP contribution >= 0.6 is 15.9 Å². The molecule has 0 spiro atoms. The zero-order chi connectivity index (χ0) is 17.5. The van der Waals surface area contributed by atoms with Crippen LogP contribution in [0.4, 0.5) is 4.39 Å². The molecular formula is C16H17BrFN3O2S. The molecule has 1 aliphatic carbocycles. The highest BCUT2D eigenvalue weighted by molar-refractivity contribution is 9.10. The molecule has 5 nitrogen and oxygen atoms in total. The summed E-state index contributed by atoms with van der Waals surface area (Å²) in [6, 6.07) is 1.52. The topological polar surface area (TPSA) is 68.3 Å². The van der Waals surface area contributed by atoms with E-state index >= 15 is 0 Å². The van der Waals surface area contributed by atoms with Gasteiger partial charge in [-0.15, -0.1) is 0 Å². The second-order valence-electron chi connectivity index (χ2n) is 6.53. The molecule has 0 bridgehead atoms. The monoisotopic (exact) mass is 413 g/mol. The smallest absolute Gasteiger partial charge is 0.230 e. The van der Waals surface area contributed by atoms with E-state index in [4.69, 9.17) is 4.42 Å². The predicted octanol–water partition coefficient (Wildman–Crippen LogP) is 4.23. The van der Waals surface area contributed by atoms with Crippen molar-refractivity contribution in [2.75, 3.05) is 0 Å². The first-order valence-corrected chi connectivity index (χ1v) is 9.47. The quantitative estimate of drug-likeness (QED) is 0.690. The number of fused-ring (bicyclic) bond motifs is 1. The van der Waals surface area contributed by atoms with Crippen molar-refractivity contribution in [1.82, 2.24) is 9.97 Å². The molecule has 3 rings (SSSR count). The first-order chi connectivity index (χ1) is 11.3. The summed E-state index contributed by atoms with van der Waals surface area (Å²) in [6.45, 7) is 5.60. The number of oxazole rings is 1.